The molecule has 5 nitrogen and oxygen atoms in total. The van der Waals surface area contributed by atoms with E-state index in [9.17, 15) is 0 Å². The van der Waals surface area contributed by atoms with Gasteiger partial charge in [-0.25, -0.2) is 0 Å². The average molecular weight is 274 g/mol. The summed E-state index contributed by atoms with van der Waals surface area (Å²) in [5.74, 6) is 0.726. The van der Waals surface area contributed by atoms with Crippen molar-refractivity contribution in [3.8, 4) is 0 Å². The summed E-state index contributed by atoms with van der Waals surface area (Å²) in [7, 11) is 1.89. The maximum Gasteiger partial charge on any atom is 0.159 e. The van der Waals surface area contributed by atoms with Gasteiger partial charge in [-0.3, -0.25) is 4.68 Å². The molecule has 96 valence electrons. The number of hydrogen-bond acceptors (Lipinski definition) is 4. The first kappa shape index (κ1) is 11.9. The normalized spacial score (nSPS) is 10.8. The highest BCUT2D eigenvalue weighted by atomic mass is 35.5. The van der Waals surface area contributed by atoms with Crippen LogP contribution in [0.2, 0.25) is 5.15 Å². The van der Waals surface area contributed by atoms with E-state index >= 15 is 0 Å². The molecule has 0 radical (unpaired) electrons. The summed E-state index contributed by atoms with van der Waals surface area (Å²) in [5.41, 5.74) is 1.09. The highest BCUT2D eigenvalue weighted by Crippen LogP contribution is 2.25. The molecule has 0 fully saturated rings. The number of anilines is 1. The zero-order chi connectivity index (χ0) is 13.2. The molecule has 0 aliphatic heterocycles. The zero-order valence-corrected chi connectivity index (χ0v) is 11.1. The van der Waals surface area contributed by atoms with Crippen molar-refractivity contribution < 1.29 is 0 Å². The van der Waals surface area contributed by atoms with Gasteiger partial charge in [-0.2, -0.15) is 5.10 Å². The molecule has 0 saturated heterocycles. The zero-order valence-electron chi connectivity index (χ0n) is 10.3. The van der Waals surface area contributed by atoms with Gasteiger partial charge in [-0.15, -0.1) is 10.2 Å². The molecule has 6 heteroatoms. The highest BCUT2D eigenvalue weighted by molar-refractivity contribution is 6.34. The van der Waals surface area contributed by atoms with Crippen molar-refractivity contribution in [1.82, 2.24) is 20.0 Å². The molecular formula is C13H12ClN5. The fraction of sp³-hybridized carbons (Fsp3) is 0.154. The maximum atomic E-state index is 6.03. The predicted octanol–water partition coefficient (Wildman–Crippen LogP) is 2.63. The van der Waals surface area contributed by atoms with Crippen molar-refractivity contribution in [3.05, 3.63) is 47.4 Å². The molecule has 0 bridgehead atoms. The number of halogens is 1. The monoisotopic (exact) mass is 273 g/mol. The van der Waals surface area contributed by atoms with E-state index < -0.39 is 0 Å². The minimum atomic E-state index is 0.419. The highest BCUT2D eigenvalue weighted by Gasteiger charge is 2.07. The molecule has 3 aromatic rings. The van der Waals surface area contributed by atoms with Crippen molar-refractivity contribution in [2.45, 2.75) is 6.54 Å². The fourth-order valence-electron chi connectivity index (χ4n) is 1.95. The SMILES string of the molecule is Cn1cc(CNc2nnc(Cl)c3ccccc23)cn1. The number of rotatable bonds is 3. The predicted molar refractivity (Wildman–Crippen MR) is 75.1 cm³/mol. The molecule has 0 aliphatic carbocycles. The van der Waals surface area contributed by atoms with Crippen molar-refractivity contribution in [2.24, 2.45) is 7.05 Å². The third kappa shape index (κ3) is 2.37. The summed E-state index contributed by atoms with van der Waals surface area (Å²) in [6.07, 6.45) is 3.77. The first-order valence-electron chi connectivity index (χ1n) is 5.86. The Kier molecular flexibility index (Phi) is 3.05. The molecule has 0 atom stereocenters. The number of hydrogen-bond donors (Lipinski definition) is 1. The van der Waals surface area contributed by atoms with Crippen LogP contribution in [0.3, 0.4) is 0 Å². The topological polar surface area (TPSA) is 55.6 Å². The molecule has 1 N–H and O–H groups in total. The van der Waals surface area contributed by atoms with Crippen LogP contribution in [0.5, 0.6) is 0 Å². The van der Waals surface area contributed by atoms with E-state index in [1.54, 1.807) is 4.68 Å². The van der Waals surface area contributed by atoms with Crippen molar-refractivity contribution in [2.75, 3.05) is 5.32 Å². The minimum Gasteiger partial charge on any atom is -0.364 e. The van der Waals surface area contributed by atoms with Gasteiger partial charge >= 0.3 is 0 Å². The number of nitrogens with one attached hydrogen (secondary N) is 1. The molecule has 1 aromatic carbocycles. The molecule has 0 saturated carbocycles. The summed E-state index contributed by atoms with van der Waals surface area (Å²) < 4.78 is 1.77. The van der Waals surface area contributed by atoms with Gasteiger partial charge in [-0.05, 0) is 0 Å². The van der Waals surface area contributed by atoms with E-state index in [0.29, 0.717) is 11.7 Å². The minimum absolute atomic E-state index is 0.419. The molecule has 0 aliphatic rings. The first-order valence-corrected chi connectivity index (χ1v) is 6.24. The van der Waals surface area contributed by atoms with Gasteiger partial charge in [0.1, 0.15) is 0 Å². The average Bonchev–Trinajstić information content (AvgIpc) is 2.84. The number of fused-ring (bicyclic) bond motifs is 1. The van der Waals surface area contributed by atoms with Crippen LogP contribution < -0.4 is 5.32 Å². The second kappa shape index (κ2) is 4.85. The lowest BCUT2D eigenvalue weighted by atomic mass is 10.2. The Morgan fingerprint density at radius 1 is 1.21 bits per heavy atom. The van der Waals surface area contributed by atoms with E-state index in [2.05, 4.69) is 20.6 Å². The molecule has 2 heterocycles. The van der Waals surface area contributed by atoms with E-state index in [0.717, 1.165) is 22.2 Å². The largest absolute Gasteiger partial charge is 0.364 e. The number of aromatic nitrogens is 4. The second-order valence-electron chi connectivity index (χ2n) is 4.26. The first-order chi connectivity index (χ1) is 9.24. The Labute approximate surface area is 115 Å². The quantitative estimate of drug-likeness (QED) is 0.797. The number of aryl methyl sites for hydroxylation is 1. The van der Waals surface area contributed by atoms with E-state index in [1.807, 2.05) is 43.7 Å². The standard InChI is InChI=1S/C13H12ClN5/c1-19-8-9(7-16-19)6-15-13-11-5-3-2-4-10(11)12(14)17-18-13/h2-5,7-8H,6H2,1H3,(H,15,18). The molecule has 19 heavy (non-hydrogen) atoms. The Bertz CT molecular complexity index is 722. The Morgan fingerprint density at radius 3 is 2.74 bits per heavy atom. The van der Waals surface area contributed by atoms with Crippen molar-refractivity contribution in [3.63, 3.8) is 0 Å². The second-order valence-corrected chi connectivity index (χ2v) is 4.62. The lowest BCUT2D eigenvalue weighted by Gasteiger charge is -2.07. The molecule has 0 amide bonds. The van der Waals surface area contributed by atoms with Crippen LogP contribution in [0.1, 0.15) is 5.56 Å². The lowest BCUT2D eigenvalue weighted by molar-refractivity contribution is 0.767. The van der Waals surface area contributed by atoms with Crippen LogP contribution in [0, 0.1) is 0 Å². The fourth-order valence-corrected chi connectivity index (χ4v) is 2.15. The van der Waals surface area contributed by atoms with Gasteiger partial charge in [0.25, 0.3) is 0 Å². The molecule has 0 unspecified atom stereocenters. The maximum absolute atomic E-state index is 6.03. The van der Waals surface area contributed by atoms with Gasteiger partial charge in [0.2, 0.25) is 0 Å². The third-order valence-electron chi connectivity index (χ3n) is 2.86. The smallest absolute Gasteiger partial charge is 0.159 e. The third-order valence-corrected chi connectivity index (χ3v) is 3.14. The molecule has 3 rings (SSSR count). The van der Waals surface area contributed by atoms with E-state index in [4.69, 9.17) is 11.6 Å². The number of nitrogens with zero attached hydrogens (tertiary/aromatic N) is 4. The summed E-state index contributed by atoms with van der Waals surface area (Å²) >= 11 is 6.03. The van der Waals surface area contributed by atoms with Gasteiger partial charge in [0.05, 0.1) is 6.20 Å². The van der Waals surface area contributed by atoms with Crippen LogP contribution in [-0.4, -0.2) is 20.0 Å². The van der Waals surface area contributed by atoms with Crippen molar-refractivity contribution >= 4 is 28.2 Å². The van der Waals surface area contributed by atoms with Crippen LogP contribution >= 0.6 is 11.6 Å². The van der Waals surface area contributed by atoms with Crippen LogP contribution in [0.25, 0.3) is 10.8 Å². The van der Waals surface area contributed by atoms with E-state index in [1.165, 1.54) is 0 Å². The molecule has 0 spiro atoms. The van der Waals surface area contributed by atoms with Gasteiger partial charge in [0, 0.05) is 36.1 Å². The summed E-state index contributed by atoms with van der Waals surface area (Å²) in [6.45, 7) is 0.647. The molecular weight excluding hydrogens is 262 g/mol. The summed E-state index contributed by atoms with van der Waals surface area (Å²) in [4.78, 5) is 0. The van der Waals surface area contributed by atoms with Gasteiger partial charge in [-0.1, -0.05) is 35.9 Å². The molecule has 2 aromatic heterocycles. The van der Waals surface area contributed by atoms with Crippen LogP contribution in [0.15, 0.2) is 36.7 Å². The summed E-state index contributed by atoms with van der Waals surface area (Å²) in [6, 6.07) is 7.79. The number of benzene rings is 1. The lowest BCUT2D eigenvalue weighted by Crippen LogP contribution is -2.02. The van der Waals surface area contributed by atoms with Crippen LogP contribution in [-0.2, 0) is 13.6 Å². The van der Waals surface area contributed by atoms with Gasteiger partial charge in [0.15, 0.2) is 11.0 Å². The Morgan fingerprint density at radius 2 is 2.00 bits per heavy atom. The Balaban J connectivity index is 1.91. The van der Waals surface area contributed by atoms with Crippen LogP contribution in [0.4, 0.5) is 5.82 Å². The summed E-state index contributed by atoms with van der Waals surface area (Å²) in [5, 5.41) is 17.7. The van der Waals surface area contributed by atoms with Crippen molar-refractivity contribution in [1.29, 1.82) is 0 Å². The van der Waals surface area contributed by atoms with E-state index in [-0.39, 0.29) is 0 Å². The van der Waals surface area contributed by atoms with Gasteiger partial charge < -0.3 is 5.32 Å². The Hall–Kier alpha value is -2.14.